The summed E-state index contributed by atoms with van der Waals surface area (Å²) in [6, 6.07) is 24.5. The Labute approximate surface area is 237 Å². The molecule has 0 spiro atoms. The lowest BCUT2D eigenvalue weighted by Gasteiger charge is -2.13. The average molecular weight is 573 g/mol. The molecule has 3 heterocycles. The van der Waals surface area contributed by atoms with E-state index in [-0.39, 0.29) is 22.6 Å². The molecular formula is C29H21ClN4O3S2. The first kappa shape index (κ1) is 25.1. The zero-order valence-electron chi connectivity index (χ0n) is 20.4. The minimum absolute atomic E-state index is 0.0995. The van der Waals surface area contributed by atoms with E-state index in [4.69, 9.17) is 28.6 Å². The number of fused-ring (bicyclic) bond motifs is 1. The summed E-state index contributed by atoms with van der Waals surface area (Å²) >= 11 is 12.9. The summed E-state index contributed by atoms with van der Waals surface area (Å²) < 4.78 is 10.0. The van der Waals surface area contributed by atoms with Crippen molar-refractivity contribution in [2.75, 3.05) is 0 Å². The van der Waals surface area contributed by atoms with Crippen LogP contribution in [0.5, 0.6) is 17.4 Å². The van der Waals surface area contributed by atoms with Crippen LogP contribution in [0.3, 0.4) is 0 Å². The van der Waals surface area contributed by atoms with Gasteiger partial charge in [-0.2, -0.15) is 0 Å². The number of nitrogens with one attached hydrogen (secondary N) is 1. The van der Waals surface area contributed by atoms with Crippen molar-refractivity contribution in [3.05, 3.63) is 127 Å². The van der Waals surface area contributed by atoms with E-state index in [1.54, 1.807) is 30.5 Å². The Morgan fingerprint density at radius 2 is 1.72 bits per heavy atom. The lowest BCUT2D eigenvalue weighted by atomic mass is 10.1. The van der Waals surface area contributed by atoms with E-state index >= 15 is 0 Å². The SMILES string of the molecule is O=c1[nH]c(=S)n(-c2ccc(Oc3ccccc3)cc2)c(O)c1Cc1cn(Cc2cnc(Cl)s2)c2ccccc12. The monoisotopic (exact) mass is 572 g/mol. The standard InChI is InChI=1S/C29H21ClN4O3S2/c30-28-31-15-22(39-28)17-33-16-18(23-8-4-5-9-25(23)33)14-24-26(35)32-29(38)34(27(24)36)19-10-12-21(13-11-19)37-20-6-2-1-3-7-20/h1-13,15-16,36H,14,17H2,(H,32,35,38). The van der Waals surface area contributed by atoms with Crippen LogP contribution in [0.4, 0.5) is 0 Å². The van der Waals surface area contributed by atoms with Gasteiger partial charge in [0.15, 0.2) is 9.24 Å². The predicted octanol–water partition coefficient (Wildman–Crippen LogP) is 7.10. The second kappa shape index (κ2) is 10.5. The number of halogens is 1. The number of benzene rings is 3. The minimum atomic E-state index is -0.427. The molecule has 0 atom stereocenters. The van der Waals surface area contributed by atoms with Gasteiger partial charge < -0.3 is 14.4 Å². The fourth-order valence-corrected chi connectivity index (χ4v) is 5.82. The average Bonchev–Trinajstić information content (AvgIpc) is 3.51. The fourth-order valence-electron chi connectivity index (χ4n) is 4.56. The zero-order chi connectivity index (χ0) is 26.9. The van der Waals surface area contributed by atoms with Crippen molar-refractivity contribution >= 4 is 46.1 Å². The molecule has 0 fully saturated rings. The van der Waals surface area contributed by atoms with Crippen molar-refractivity contribution in [3.8, 4) is 23.1 Å². The normalized spacial score (nSPS) is 11.2. The number of aromatic nitrogens is 4. The van der Waals surface area contributed by atoms with E-state index < -0.39 is 5.56 Å². The number of hydrogen-bond acceptors (Lipinski definition) is 6. The summed E-state index contributed by atoms with van der Waals surface area (Å²) in [6.07, 6.45) is 3.97. The van der Waals surface area contributed by atoms with Crippen molar-refractivity contribution in [2.24, 2.45) is 0 Å². The van der Waals surface area contributed by atoms with Crippen molar-refractivity contribution in [3.63, 3.8) is 0 Å². The Hall–Kier alpha value is -4.18. The molecule has 0 aliphatic rings. The summed E-state index contributed by atoms with van der Waals surface area (Å²) in [5.41, 5.74) is 2.30. The van der Waals surface area contributed by atoms with Crippen LogP contribution >= 0.6 is 35.2 Å². The third kappa shape index (κ3) is 5.12. The van der Waals surface area contributed by atoms with Crippen LogP contribution in [0, 0.1) is 4.77 Å². The Bertz CT molecular complexity index is 1910. The van der Waals surface area contributed by atoms with E-state index in [0.717, 1.165) is 21.3 Å². The van der Waals surface area contributed by atoms with Crippen LogP contribution in [-0.4, -0.2) is 24.2 Å². The maximum atomic E-state index is 13.0. The molecule has 39 heavy (non-hydrogen) atoms. The van der Waals surface area contributed by atoms with Crippen LogP contribution < -0.4 is 10.3 Å². The van der Waals surface area contributed by atoms with E-state index in [9.17, 15) is 9.90 Å². The molecule has 0 saturated heterocycles. The summed E-state index contributed by atoms with van der Waals surface area (Å²) in [7, 11) is 0. The molecule has 0 saturated carbocycles. The van der Waals surface area contributed by atoms with Crippen LogP contribution in [-0.2, 0) is 13.0 Å². The third-order valence-electron chi connectivity index (χ3n) is 6.34. The first-order valence-corrected chi connectivity index (χ1v) is 13.6. The maximum absolute atomic E-state index is 13.0. The van der Waals surface area contributed by atoms with E-state index in [2.05, 4.69) is 14.5 Å². The number of H-pyrrole nitrogens is 1. The number of rotatable bonds is 7. The number of ether oxygens (including phenoxy) is 1. The molecule has 0 bridgehead atoms. The molecule has 0 radical (unpaired) electrons. The molecule has 6 rings (SSSR count). The summed E-state index contributed by atoms with van der Waals surface area (Å²) in [4.78, 5) is 20.9. The highest BCUT2D eigenvalue weighted by molar-refractivity contribution is 7.71. The number of para-hydroxylation sites is 2. The van der Waals surface area contributed by atoms with Crippen molar-refractivity contribution in [2.45, 2.75) is 13.0 Å². The predicted molar refractivity (Wildman–Crippen MR) is 156 cm³/mol. The largest absolute Gasteiger partial charge is 0.494 e. The number of aromatic hydroxyl groups is 1. The molecule has 0 unspecified atom stereocenters. The molecule has 6 aromatic rings. The third-order valence-corrected chi connectivity index (χ3v) is 7.73. The van der Waals surface area contributed by atoms with E-state index in [1.807, 2.05) is 60.8 Å². The van der Waals surface area contributed by atoms with Gasteiger partial charge in [-0.25, -0.2) is 4.98 Å². The Kier molecular flexibility index (Phi) is 6.78. The highest BCUT2D eigenvalue weighted by Crippen LogP contribution is 2.29. The van der Waals surface area contributed by atoms with Crippen LogP contribution in [0.2, 0.25) is 4.47 Å². The Morgan fingerprint density at radius 1 is 1.00 bits per heavy atom. The van der Waals surface area contributed by atoms with Gasteiger partial charge in [-0.1, -0.05) is 48.0 Å². The lowest BCUT2D eigenvalue weighted by molar-refractivity contribution is 0.426. The molecule has 10 heteroatoms. The van der Waals surface area contributed by atoms with Crippen LogP contribution in [0.25, 0.3) is 16.6 Å². The smallest absolute Gasteiger partial charge is 0.259 e. The first-order valence-electron chi connectivity index (χ1n) is 12.0. The summed E-state index contributed by atoms with van der Waals surface area (Å²) in [5.74, 6) is 1.15. The highest BCUT2D eigenvalue weighted by atomic mass is 35.5. The zero-order valence-corrected chi connectivity index (χ0v) is 22.8. The van der Waals surface area contributed by atoms with Gasteiger partial charge in [-0.15, -0.1) is 11.3 Å². The number of nitrogens with zero attached hydrogens (tertiary/aromatic N) is 3. The molecule has 0 amide bonds. The Balaban J connectivity index is 1.35. The number of aromatic amines is 1. The fraction of sp³-hybridized carbons (Fsp3) is 0.0690. The molecule has 0 aliphatic heterocycles. The van der Waals surface area contributed by atoms with Gasteiger partial charge in [-0.05, 0) is 60.2 Å². The molecule has 3 aromatic heterocycles. The Morgan fingerprint density at radius 3 is 2.46 bits per heavy atom. The van der Waals surface area contributed by atoms with Gasteiger partial charge in [0.25, 0.3) is 5.56 Å². The minimum Gasteiger partial charge on any atom is -0.494 e. The molecule has 7 nitrogen and oxygen atoms in total. The number of hydrogen-bond donors (Lipinski definition) is 2. The van der Waals surface area contributed by atoms with Crippen molar-refractivity contribution in [1.29, 1.82) is 0 Å². The van der Waals surface area contributed by atoms with Crippen LogP contribution in [0.15, 0.2) is 96.1 Å². The highest BCUT2D eigenvalue weighted by Gasteiger charge is 2.18. The van der Waals surface area contributed by atoms with Gasteiger partial charge >= 0.3 is 0 Å². The number of thiazole rings is 1. The van der Waals surface area contributed by atoms with E-state index in [0.29, 0.717) is 28.2 Å². The van der Waals surface area contributed by atoms with E-state index in [1.165, 1.54) is 15.9 Å². The first-order chi connectivity index (χ1) is 19.0. The summed E-state index contributed by atoms with van der Waals surface area (Å²) in [5, 5.41) is 12.3. The maximum Gasteiger partial charge on any atom is 0.259 e. The topological polar surface area (TPSA) is 85.1 Å². The van der Waals surface area contributed by atoms with Crippen molar-refractivity contribution in [1.82, 2.24) is 19.1 Å². The lowest BCUT2D eigenvalue weighted by Crippen LogP contribution is -2.18. The van der Waals surface area contributed by atoms with Crippen molar-refractivity contribution < 1.29 is 9.84 Å². The quantitative estimate of drug-likeness (QED) is 0.199. The van der Waals surface area contributed by atoms with Gasteiger partial charge in [-0.3, -0.25) is 14.3 Å². The van der Waals surface area contributed by atoms with Gasteiger partial charge in [0.2, 0.25) is 5.88 Å². The molecule has 194 valence electrons. The van der Waals surface area contributed by atoms with Gasteiger partial charge in [0, 0.05) is 34.6 Å². The van der Waals surface area contributed by atoms with Gasteiger partial charge in [0.05, 0.1) is 17.8 Å². The molecule has 2 N–H and O–H groups in total. The molecular weight excluding hydrogens is 552 g/mol. The molecule has 0 aliphatic carbocycles. The molecule has 3 aromatic carbocycles. The second-order valence-corrected chi connectivity index (χ2v) is 10.9. The second-order valence-electron chi connectivity index (χ2n) is 8.86. The van der Waals surface area contributed by atoms with Gasteiger partial charge in [0.1, 0.15) is 11.5 Å². The summed E-state index contributed by atoms with van der Waals surface area (Å²) in [6.45, 7) is 0.593. The van der Waals surface area contributed by atoms with Crippen LogP contribution in [0.1, 0.15) is 16.0 Å².